The lowest BCUT2D eigenvalue weighted by Crippen LogP contribution is -2.09. The molecule has 116 valence electrons. The fourth-order valence-electron chi connectivity index (χ4n) is 3.05. The van der Waals surface area contributed by atoms with Crippen LogP contribution in [0.1, 0.15) is 23.8 Å². The molecule has 0 aromatic carbocycles. The summed E-state index contributed by atoms with van der Waals surface area (Å²) in [6, 6.07) is 0. The number of aromatic nitrogens is 4. The number of aryl methyl sites for hydroxylation is 1. The van der Waals surface area contributed by atoms with Gasteiger partial charge in [0.25, 0.3) is 0 Å². The number of hydrogen-bond acceptors (Lipinski definition) is 6. The zero-order valence-corrected chi connectivity index (χ0v) is 14.3. The Bertz CT molecular complexity index is 826. The highest BCUT2D eigenvalue weighted by Crippen LogP contribution is 2.39. The van der Waals surface area contributed by atoms with E-state index < -0.39 is 0 Å². The third-order valence-corrected chi connectivity index (χ3v) is 6.24. The summed E-state index contributed by atoms with van der Waals surface area (Å²) in [5.41, 5.74) is 2.41. The van der Waals surface area contributed by atoms with Crippen LogP contribution in [0.25, 0.3) is 15.9 Å². The van der Waals surface area contributed by atoms with Crippen LogP contribution in [0, 0.1) is 5.92 Å². The Morgan fingerprint density at radius 1 is 1.50 bits per heavy atom. The van der Waals surface area contributed by atoms with Gasteiger partial charge in [-0.05, 0) is 30.7 Å². The fourth-order valence-corrected chi connectivity index (χ4v) is 5.16. The van der Waals surface area contributed by atoms with Gasteiger partial charge in [0.1, 0.15) is 11.2 Å². The average Bonchev–Trinajstić information content (AvgIpc) is 3.10. The van der Waals surface area contributed by atoms with E-state index >= 15 is 0 Å². The molecule has 1 atom stereocenters. The molecule has 0 unspecified atom stereocenters. The first-order chi connectivity index (χ1) is 10.8. The van der Waals surface area contributed by atoms with Crippen molar-refractivity contribution in [2.45, 2.75) is 31.3 Å². The van der Waals surface area contributed by atoms with Gasteiger partial charge in [-0.3, -0.25) is 0 Å². The van der Waals surface area contributed by atoms with Crippen molar-refractivity contribution < 1.29 is 4.74 Å². The first-order valence-electron chi connectivity index (χ1n) is 7.53. The Balaban J connectivity index is 1.88. The molecule has 0 saturated carbocycles. The molecule has 0 aliphatic heterocycles. The number of thiophene rings is 1. The topological polar surface area (TPSA) is 52.3 Å². The van der Waals surface area contributed by atoms with Crippen molar-refractivity contribution in [1.29, 1.82) is 0 Å². The number of methoxy groups -OCH3 is 1. The first-order valence-corrected chi connectivity index (χ1v) is 9.34. The predicted octanol–water partition coefficient (Wildman–Crippen LogP) is 3.20. The smallest absolute Gasteiger partial charge is 0.192 e. The second-order valence-corrected chi connectivity index (χ2v) is 7.91. The molecule has 0 N–H and O–H groups in total. The summed E-state index contributed by atoms with van der Waals surface area (Å²) in [6.45, 7) is 3.04. The summed E-state index contributed by atoms with van der Waals surface area (Å²) >= 11 is 3.51. The summed E-state index contributed by atoms with van der Waals surface area (Å²) in [4.78, 5) is 12.0. The minimum absolute atomic E-state index is 0.707. The normalized spacial score (nSPS) is 18.2. The zero-order chi connectivity index (χ0) is 15.1. The molecular weight excluding hydrogens is 316 g/mol. The molecule has 0 fully saturated rings. The van der Waals surface area contributed by atoms with E-state index in [1.807, 2.05) is 15.9 Å². The molecule has 0 saturated heterocycles. The van der Waals surface area contributed by atoms with Gasteiger partial charge < -0.3 is 4.74 Å². The van der Waals surface area contributed by atoms with Gasteiger partial charge in [-0.25, -0.2) is 9.97 Å². The van der Waals surface area contributed by atoms with Crippen LogP contribution in [0.15, 0.2) is 11.5 Å². The molecule has 1 aliphatic carbocycles. The van der Waals surface area contributed by atoms with Crippen molar-refractivity contribution in [3.63, 3.8) is 0 Å². The van der Waals surface area contributed by atoms with Crippen LogP contribution >= 0.6 is 23.1 Å². The van der Waals surface area contributed by atoms with E-state index in [0.717, 1.165) is 33.7 Å². The van der Waals surface area contributed by atoms with Crippen LogP contribution in [0.4, 0.5) is 0 Å². The second kappa shape index (κ2) is 5.79. The molecule has 0 spiro atoms. The van der Waals surface area contributed by atoms with Gasteiger partial charge in [0, 0.05) is 17.7 Å². The lowest BCUT2D eigenvalue weighted by atomic mass is 9.89. The summed E-state index contributed by atoms with van der Waals surface area (Å²) in [7, 11) is 1.72. The number of ether oxygens (including phenoxy) is 1. The van der Waals surface area contributed by atoms with E-state index in [9.17, 15) is 0 Å². The van der Waals surface area contributed by atoms with Crippen molar-refractivity contribution in [3.05, 3.63) is 16.8 Å². The third kappa shape index (κ3) is 2.31. The minimum Gasteiger partial charge on any atom is -0.384 e. The van der Waals surface area contributed by atoms with Gasteiger partial charge in [0.2, 0.25) is 0 Å². The Labute approximate surface area is 137 Å². The third-order valence-electron chi connectivity index (χ3n) is 4.16. The molecule has 3 aromatic rings. The van der Waals surface area contributed by atoms with Crippen LogP contribution in [-0.4, -0.2) is 39.1 Å². The SMILES string of the molecule is COCCSc1nc2sc3c(c2c2ncnn12)C[C@@H](C)CC3. The number of fused-ring (bicyclic) bond motifs is 5. The number of rotatable bonds is 4. The predicted molar refractivity (Wildman–Crippen MR) is 90.0 cm³/mol. The Kier molecular flexibility index (Phi) is 3.79. The summed E-state index contributed by atoms with van der Waals surface area (Å²) in [5.74, 6) is 1.61. The molecule has 3 heterocycles. The van der Waals surface area contributed by atoms with Gasteiger partial charge in [0.05, 0.1) is 12.0 Å². The summed E-state index contributed by atoms with van der Waals surface area (Å²) in [5, 5.41) is 6.51. The largest absolute Gasteiger partial charge is 0.384 e. The minimum atomic E-state index is 0.707. The van der Waals surface area contributed by atoms with Crippen molar-refractivity contribution in [2.24, 2.45) is 5.92 Å². The van der Waals surface area contributed by atoms with Gasteiger partial charge in [-0.15, -0.1) is 11.3 Å². The van der Waals surface area contributed by atoms with Gasteiger partial charge in [0.15, 0.2) is 10.8 Å². The zero-order valence-electron chi connectivity index (χ0n) is 12.7. The lowest BCUT2D eigenvalue weighted by Gasteiger charge is -2.17. The Morgan fingerprint density at radius 2 is 2.41 bits per heavy atom. The van der Waals surface area contributed by atoms with E-state index in [2.05, 4.69) is 17.0 Å². The molecule has 22 heavy (non-hydrogen) atoms. The summed E-state index contributed by atoms with van der Waals surface area (Å²) in [6.07, 6.45) is 5.21. The highest BCUT2D eigenvalue weighted by atomic mass is 32.2. The monoisotopic (exact) mass is 334 g/mol. The van der Waals surface area contributed by atoms with E-state index in [-0.39, 0.29) is 0 Å². The number of hydrogen-bond donors (Lipinski definition) is 0. The van der Waals surface area contributed by atoms with Crippen molar-refractivity contribution in [3.8, 4) is 0 Å². The lowest BCUT2D eigenvalue weighted by molar-refractivity contribution is 0.218. The van der Waals surface area contributed by atoms with E-state index in [0.29, 0.717) is 6.61 Å². The van der Waals surface area contributed by atoms with Crippen molar-refractivity contribution in [2.75, 3.05) is 19.5 Å². The highest BCUT2D eigenvalue weighted by molar-refractivity contribution is 7.99. The molecule has 0 radical (unpaired) electrons. The maximum absolute atomic E-state index is 5.13. The molecule has 1 aliphatic rings. The second-order valence-electron chi connectivity index (χ2n) is 5.76. The van der Waals surface area contributed by atoms with Crippen LogP contribution in [-0.2, 0) is 17.6 Å². The number of thioether (sulfide) groups is 1. The molecule has 5 nitrogen and oxygen atoms in total. The fraction of sp³-hybridized carbons (Fsp3) is 0.533. The molecule has 3 aromatic heterocycles. The van der Waals surface area contributed by atoms with E-state index in [4.69, 9.17) is 9.72 Å². The standard InChI is InChI=1S/C15H18N4OS2/c1-9-3-4-11-10(7-9)12-13-16-8-17-19(13)15(18-14(12)22-11)21-6-5-20-2/h8-9H,3-7H2,1-2H3/t9-/m0/s1. The summed E-state index contributed by atoms with van der Waals surface area (Å²) < 4.78 is 7.02. The molecular formula is C15H18N4OS2. The van der Waals surface area contributed by atoms with Gasteiger partial charge in [-0.2, -0.15) is 9.61 Å². The van der Waals surface area contributed by atoms with Crippen molar-refractivity contribution >= 4 is 39.0 Å². The van der Waals surface area contributed by atoms with Crippen LogP contribution in [0.2, 0.25) is 0 Å². The van der Waals surface area contributed by atoms with Crippen LogP contribution in [0.5, 0.6) is 0 Å². The van der Waals surface area contributed by atoms with Crippen LogP contribution in [0.3, 0.4) is 0 Å². The maximum Gasteiger partial charge on any atom is 0.192 e. The maximum atomic E-state index is 5.13. The van der Waals surface area contributed by atoms with Crippen molar-refractivity contribution in [1.82, 2.24) is 19.6 Å². The van der Waals surface area contributed by atoms with E-state index in [1.165, 1.54) is 28.7 Å². The molecule has 4 rings (SSSR count). The average molecular weight is 334 g/mol. The Hall–Kier alpha value is -1.18. The van der Waals surface area contributed by atoms with Gasteiger partial charge in [-0.1, -0.05) is 18.7 Å². The van der Waals surface area contributed by atoms with Crippen LogP contribution < -0.4 is 0 Å². The Morgan fingerprint density at radius 3 is 3.27 bits per heavy atom. The highest BCUT2D eigenvalue weighted by Gasteiger charge is 2.24. The molecule has 0 amide bonds. The molecule has 0 bridgehead atoms. The van der Waals surface area contributed by atoms with Gasteiger partial charge >= 0.3 is 0 Å². The number of nitrogens with zero attached hydrogens (tertiary/aromatic N) is 4. The quantitative estimate of drug-likeness (QED) is 0.417. The first kappa shape index (κ1) is 14.4. The molecule has 7 heteroatoms. The van der Waals surface area contributed by atoms with E-state index in [1.54, 1.807) is 25.2 Å².